The average molecular weight is 278 g/mol. The van der Waals surface area contributed by atoms with E-state index in [9.17, 15) is 0 Å². The number of nitrogens with zero attached hydrogens (tertiary/aromatic N) is 3. The molecule has 0 spiro atoms. The van der Waals surface area contributed by atoms with Crippen LogP contribution in [0, 0.1) is 0 Å². The second-order valence-electron chi connectivity index (χ2n) is 4.78. The molecule has 0 aliphatic carbocycles. The summed E-state index contributed by atoms with van der Waals surface area (Å²) in [6.07, 6.45) is 3.03. The first-order chi connectivity index (χ1) is 9.18. The molecule has 3 nitrogen and oxygen atoms in total. The van der Waals surface area contributed by atoms with Crippen LogP contribution < -0.4 is 0 Å². The molecule has 1 aromatic carbocycles. The summed E-state index contributed by atoms with van der Waals surface area (Å²) in [5.74, 6) is 0.858. The van der Waals surface area contributed by atoms with Crippen molar-refractivity contribution in [1.82, 2.24) is 14.8 Å². The lowest BCUT2D eigenvalue weighted by atomic mass is 9.89. The smallest absolute Gasteiger partial charge is 0.225 e. The number of aromatic nitrogens is 3. The van der Waals surface area contributed by atoms with E-state index in [2.05, 4.69) is 35.5 Å². The summed E-state index contributed by atoms with van der Waals surface area (Å²) < 4.78 is 2.10. The molecule has 2 aromatic rings. The van der Waals surface area contributed by atoms with Crippen molar-refractivity contribution in [2.75, 3.05) is 0 Å². The zero-order chi connectivity index (χ0) is 13.9. The van der Waals surface area contributed by atoms with Gasteiger partial charge < -0.3 is 0 Å². The second-order valence-corrected chi connectivity index (χ2v) is 5.12. The quantitative estimate of drug-likeness (QED) is 0.804. The highest BCUT2D eigenvalue weighted by atomic mass is 35.5. The Bertz CT molecular complexity index is 521. The summed E-state index contributed by atoms with van der Waals surface area (Å²) in [6, 6.07) is 10.1. The maximum Gasteiger partial charge on any atom is 0.225 e. The molecule has 0 saturated heterocycles. The van der Waals surface area contributed by atoms with Gasteiger partial charge in [-0.15, -0.1) is 10.2 Å². The van der Waals surface area contributed by atoms with Crippen molar-refractivity contribution in [2.45, 2.75) is 45.6 Å². The fourth-order valence-corrected chi connectivity index (χ4v) is 2.98. The van der Waals surface area contributed by atoms with Crippen LogP contribution >= 0.6 is 11.6 Å². The molecule has 0 fully saturated rings. The highest BCUT2D eigenvalue weighted by Gasteiger charge is 2.31. The van der Waals surface area contributed by atoms with Gasteiger partial charge in [-0.05, 0) is 30.9 Å². The largest absolute Gasteiger partial charge is 0.292 e. The lowest BCUT2D eigenvalue weighted by Crippen LogP contribution is -2.32. The molecule has 1 heterocycles. The standard InChI is InChI=1S/C15H20ClN3/c1-4-15(5-2,6-3)19-13(17-18-14(19)16)12-10-8-7-9-11-12/h7-11H,4-6H2,1-3H3. The predicted molar refractivity (Wildman–Crippen MR) is 79.3 cm³/mol. The lowest BCUT2D eigenvalue weighted by Gasteiger charge is -2.33. The third-order valence-corrected chi connectivity index (χ3v) is 4.35. The minimum absolute atomic E-state index is 0.00818. The molecule has 102 valence electrons. The van der Waals surface area contributed by atoms with Crippen molar-refractivity contribution in [3.63, 3.8) is 0 Å². The van der Waals surface area contributed by atoms with Gasteiger partial charge in [0.25, 0.3) is 0 Å². The normalized spacial score (nSPS) is 11.8. The predicted octanol–water partition coefficient (Wildman–Crippen LogP) is 4.52. The third-order valence-electron chi connectivity index (χ3n) is 4.10. The van der Waals surface area contributed by atoms with Crippen molar-refractivity contribution >= 4 is 11.6 Å². The lowest BCUT2D eigenvalue weighted by molar-refractivity contribution is 0.253. The van der Waals surface area contributed by atoms with Gasteiger partial charge in [-0.3, -0.25) is 4.57 Å². The number of rotatable bonds is 5. The van der Waals surface area contributed by atoms with Crippen molar-refractivity contribution in [3.05, 3.63) is 35.6 Å². The van der Waals surface area contributed by atoms with Gasteiger partial charge in [0.1, 0.15) is 0 Å². The molecule has 0 atom stereocenters. The van der Waals surface area contributed by atoms with Crippen LogP contribution in [-0.2, 0) is 5.54 Å². The van der Waals surface area contributed by atoms with E-state index >= 15 is 0 Å². The van der Waals surface area contributed by atoms with E-state index < -0.39 is 0 Å². The maximum absolute atomic E-state index is 6.30. The summed E-state index contributed by atoms with van der Waals surface area (Å²) >= 11 is 6.30. The Balaban J connectivity index is 2.61. The molecule has 0 amide bonds. The molecular weight excluding hydrogens is 258 g/mol. The van der Waals surface area contributed by atoms with E-state index in [1.807, 2.05) is 30.3 Å². The molecule has 0 unspecified atom stereocenters. The van der Waals surface area contributed by atoms with Crippen LogP contribution in [0.5, 0.6) is 0 Å². The van der Waals surface area contributed by atoms with Crippen LogP contribution in [0.4, 0.5) is 0 Å². The SMILES string of the molecule is CCC(CC)(CC)n1c(Cl)nnc1-c1ccccc1. The Labute approximate surface area is 119 Å². The number of halogens is 1. The zero-order valence-corrected chi connectivity index (χ0v) is 12.5. The van der Waals surface area contributed by atoms with E-state index in [-0.39, 0.29) is 5.54 Å². The molecule has 0 saturated carbocycles. The Morgan fingerprint density at radius 3 is 2.11 bits per heavy atom. The Kier molecular flexibility index (Phi) is 4.25. The fraction of sp³-hybridized carbons (Fsp3) is 0.467. The molecule has 4 heteroatoms. The monoisotopic (exact) mass is 277 g/mol. The number of hydrogen-bond acceptors (Lipinski definition) is 2. The van der Waals surface area contributed by atoms with E-state index in [0.717, 1.165) is 30.7 Å². The van der Waals surface area contributed by atoms with Crippen LogP contribution in [0.1, 0.15) is 40.0 Å². The molecule has 0 aliphatic heterocycles. The van der Waals surface area contributed by atoms with E-state index in [4.69, 9.17) is 11.6 Å². The number of hydrogen-bond donors (Lipinski definition) is 0. The van der Waals surface area contributed by atoms with Crippen LogP contribution in [0.15, 0.2) is 30.3 Å². The topological polar surface area (TPSA) is 30.7 Å². The van der Waals surface area contributed by atoms with Crippen molar-refractivity contribution < 1.29 is 0 Å². The second kappa shape index (κ2) is 5.74. The Hall–Kier alpha value is -1.35. The van der Waals surface area contributed by atoms with Gasteiger partial charge >= 0.3 is 0 Å². The van der Waals surface area contributed by atoms with Crippen molar-refractivity contribution in [2.24, 2.45) is 0 Å². The van der Waals surface area contributed by atoms with E-state index in [1.165, 1.54) is 0 Å². The van der Waals surface area contributed by atoms with Gasteiger partial charge in [-0.1, -0.05) is 51.1 Å². The van der Waals surface area contributed by atoms with E-state index in [1.54, 1.807) is 0 Å². The van der Waals surface area contributed by atoms with Crippen LogP contribution in [0.3, 0.4) is 0 Å². The molecule has 2 rings (SSSR count). The van der Waals surface area contributed by atoms with Gasteiger partial charge in [0.05, 0.1) is 0 Å². The highest BCUT2D eigenvalue weighted by Crippen LogP contribution is 2.35. The minimum atomic E-state index is -0.00818. The Morgan fingerprint density at radius 2 is 1.58 bits per heavy atom. The van der Waals surface area contributed by atoms with Crippen LogP contribution in [-0.4, -0.2) is 14.8 Å². The molecule has 0 bridgehead atoms. The fourth-order valence-electron chi connectivity index (χ4n) is 2.68. The first kappa shape index (κ1) is 14.1. The Morgan fingerprint density at radius 1 is 1.00 bits per heavy atom. The molecule has 0 radical (unpaired) electrons. The maximum atomic E-state index is 6.30. The van der Waals surface area contributed by atoms with Gasteiger partial charge in [-0.2, -0.15) is 0 Å². The zero-order valence-electron chi connectivity index (χ0n) is 11.7. The third kappa shape index (κ3) is 2.39. The van der Waals surface area contributed by atoms with Gasteiger partial charge in [-0.25, -0.2) is 0 Å². The number of benzene rings is 1. The minimum Gasteiger partial charge on any atom is -0.292 e. The van der Waals surface area contributed by atoms with Crippen molar-refractivity contribution in [3.8, 4) is 11.4 Å². The molecule has 1 aromatic heterocycles. The van der Waals surface area contributed by atoms with Crippen LogP contribution in [0.25, 0.3) is 11.4 Å². The summed E-state index contributed by atoms with van der Waals surface area (Å²) in [5.41, 5.74) is 1.05. The first-order valence-corrected chi connectivity index (χ1v) is 7.23. The van der Waals surface area contributed by atoms with Gasteiger partial charge in [0.15, 0.2) is 5.82 Å². The van der Waals surface area contributed by atoms with Gasteiger partial charge in [0, 0.05) is 11.1 Å². The van der Waals surface area contributed by atoms with Gasteiger partial charge in [0.2, 0.25) is 5.28 Å². The van der Waals surface area contributed by atoms with E-state index in [0.29, 0.717) is 5.28 Å². The average Bonchev–Trinajstić information content (AvgIpc) is 2.85. The molecule has 0 N–H and O–H groups in total. The van der Waals surface area contributed by atoms with Crippen molar-refractivity contribution in [1.29, 1.82) is 0 Å². The highest BCUT2D eigenvalue weighted by molar-refractivity contribution is 6.28. The summed E-state index contributed by atoms with van der Waals surface area (Å²) in [7, 11) is 0. The summed E-state index contributed by atoms with van der Waals surface area (Å²) in [5, 5.41) is 8.83. The molecule has 0 aliphatic rings. The molecular formula is C15H20ClN3. The summed E-state index contributed by atoms with van der Waals surface area (Å²) in [6.45, 7) is 6.58. The summed E-state index contributed by atoms with van der Waals surface area (Å²) in [4.78, 5) is 0. The molecule has 19 heavy (non-hydrogen) atoms. The first-order valence-electron chi connectivity index (χ1n) is 6.85. The van der Waals surface area contributed by atoms with Crippen LogP contribution in [0.2, 0.25) is 5.28 Å².